The summed E-state index contributed by atoms with van der Waals surface area (Å²) in [5.41, 5.74) is 0.751. The van der Waals surface area contributed by atoms with E-state index in [-0.39, 0.29) is 17.6 Å². The fraction of sp³-hybridized carbons (Fsp3) is 0.385. The van der Waals surface area contributed by atoms with Crippen LogP contribution in [0.15, 0.2) is 30.3 Å². The number of Topliss-reactive ketones (excluding diaryl/α,β-unsaturated/α-hetero) is 1. The van der Waals surface area contributed by atoms with Crippen LogP contribution in [-0.2, 0) is 4.79 Å². The maximum absolute atomic E-state index is 12.2. The molecule has 2 rings (SSSR count). The number of hydrogen-bond donors (Lipinski definition) is 0. The molecular formula is C13H14INO2. The van der Waals surface area contributed by atoms with E-state index in [1.807, 2.05) is 30.3 Å². The van der Waals surface area contributed by atoms with Gasteiger partial charge in [-0.1, -0.05) is 52.9 Å². The van der Waals surface area contributed by atoms with E-state index in [0.717, 1.165) is 12.0 Å². The van der Waals surface area contributed by atoms with Gasteiger partial charge in [-0.2, -0.15) is 0 Å². The Bertz CT molecular complexity index is 419. The van der Waals surface area contributed by atoms with Crippen molar-refractivity contribution in [2.45, 2.75) is 6.42 Å². The number of carbonyl (C=O) groups is 2. The van der Waals surface area contributed by atoms with Crippen LogP contribution in [0.3, 0.4) is 0 Å². The largest absolute Gasteiger partial charge is 0.341 e. The smallest absolute Gasteiger partial charge is 0.232 e. The average Bonchev–Trinajstić information content (AvgIpc) is 2.87. The Hall–Kier alpha value is -0.910. The van der Waals surface area contributed by atoms with Crippen LogP contribution < -0.4 is 0 Å². The molecule has 0 bridgehead atoms. The lowest BCUT2D eigenvalue weighted by molar-refractivity contribution is -0.127. The van der Waals surface area contributed by atoms with Crippen molar-refractivity contribution in [1.82, 2.24) is 4.90 Å². The Balaban J connectivity index is 2.02. The minimum Gasteiger partial charge on any atom is -0.341 e. The van der Waals surface area contributed by atoms with Gasteiger partial charge in [-0.15, -0.1) is 0 Å². The molecule has 90 valence electrons. The number of rotatable bonds is 3. The summed E-state index contributed by atoms with van der Waals surface area (Å²) in [6, 6.07) is 9.32. The van der Waals surface area contributed by atoms with Gasteiger partial charge < -0.3 is 4.90 Å². The maximum atomic E-state index is 12.2. The van der Waals surface area contributed by atoms with Crippen LogP contribution in [-0.4, -0.2) is 34.1 Å². The molecule has 0 spiro atoms. The van der Waals surface area contributed by atoms with E-state index in [9.17, 15) is 9.59 Å². The first kappa shape index (κ1) is 12.5. The zero-order valence-corrected chi connectivity index (χ0v) is 11.6. The van der Waals surface area contributed by atoms with E-state index >= 15 is 0 Å². The summed E-state index contributed by atoms with van der Waals surface area (Å²) in [7, 11) is 0. The summed E-state index contributed by atoms with van der Waals surface area (Å²) in [6.45, 7) is 1.29. The van der Waals surface area contributed by atoms with Gasteiger partial charge in [0, 0.05) is 24.6 Å². The highest BCUT2D eigenvalue weighted by molar-refractivity contribution is 14.1. The number of benzene rings is 1. The molecule has 1 fully saturated rings. The lowest BCUT2D eigenvalue weighted by atomic mass is 9.97. The van der Waals surface area contributed by atoms with Crippen LogP contribution in [0.4, 0.5) is 0 Å². The number of halogens is 1. The fourth-order valence-corrected chi connectivity index (χ4v) is 2.61. The van der Waals surface area contributed by atoms with Gasteiger partial charge in [-0.3, -0.25) is 9.59 Å². The minimum absolute atomic E-state index is 0.0238. The van der Waals surface area contributed by atoms with Crippen molar-refractivity contribution < 1.29 is 9.59 Å². The Morgan fingerprint density at radius 2 is 2.00 bits per heavy atom. The standard InChI is InChI=1S/C13H14INO2/c14-8-12(16)15-7-6-11(9-15)13(17)10-4-2-1-3-5-10/h1-5,11H,6-9H2. The molecule has 1 unspecified atom stereocenters. The van der Waals surface area contributed by atoms with Crippen molar-refractivity contribution in [3.63, 3.8) is 0 Å². The van der Waals surface area contributed by atoms with Crippen molar-refractivity contribution in [1.29, 1.82) is 0 Å². The summed E-state index contributed by atoms with van der Waals surface area (Å²) >= 11 is 2.06. The molecule has 0 N–H and O–H groups in total. The second-order valence-electron chi connectivity index (χ2n) is 4.19. The minimum atomic E-state index is -0.0238. The molecule has 0 saturated carbocycles. The molecule has 1 saturated heterocycles. The van der Waals surface area contributed by atoms with Crippen LogP contribution >= 0.6 is 22.6 Å². The van der Waals surface area contributed by atoms with E-state index in [1.54, 1.807) is 4.90 Å². The molecule has 1 aliphatic rings. The van der Waals surface area contributed by atoms with Crippen LogP contribution in [0.2, 0.25) is 0 Å². The summed E-state index contributed by atoms with van der Waals surface area (Å²) in [5, 5.41) is 0. The van der Waals surface area contributed by atoms with Crippen LogP contribution in [0.5, 0.6) is 0 Å². The summed E-state index contributed by atoms with van der Waals surface area (Å²) < 4.78 is 0.490. The Morgan fingerprint density at radius 3 is 2.65 bits per heavy atom. The average molecular weight is 343 g/mol. The fourth-order valence-electron chi connectivity index (χ4n) is 2.12. The Morgan fingerprint density at radius 1 is 1.29 bits per heavy atom. The highest BCUT2D eigenvalue weighted by Gasteiger charge is 2.30. The Labute approximate surface area is 114 Å². The quantitative estimate of drug-likeness (QED) is 0.479. The van der Waals surface area contributed by atoms with Crippen LogP contribution in [0, 0.1) is 5.92 Å². The molecule has 3 nitrogen and oxygen atoms in total. The number of ketones is 1. The lowest BCUT2D eigenvalue weighted by Crippen LogP contribution is -2.30. The first-order valence-corrected chi connectivity index (χ1v) is 7.18. The summed E-state index contributed by atoms with van der Waals surface area (Å²) in [5.74, 6) is 0.271. The van der Waals surface area contributed by atoms with E-state index in [0.29, 0.717) is 17.5 Å². The topological polar surface area (TPSA) is 37.4 Å². The molecule has 1 aromatic carbocycles. The lowest BCUT2D eigenvalue weighted by Gasteiger charge is -2.14. The van der Waals surface area contributed by atoms with Crippen molar-refractivity contribution >= 4 is 34.3 Å². The molecule has 0 aliphatic carbocycles. The highest BCUT2D eigenvalue weighted by atomic mass is 127. The number of amides is 1. The molecule has 1 atom stereocenters. The second-order valence-corrected chi connectivity index (χ2v) is 4.95. The normalized spacial score (nSPS) is 19.4. The van der Waals surface area contributed by atoms with Gasteiger partial charge in [-0.25, -0.2) is 0 Å². The number of hydrogen-bond acceptors (Lipinski definition) is 2. The van der Waals surface area contributed by atoms with E-state index < -0.39 is 0 Å². The van der Waals surface area contributed by atoms with E-state index in [4.69, 9.17) is 0 Å². The van der Waals surface area contributed by atoms with Crippen molar-refractivity contribution in [2.24, 2.45) is 5.92 Å². The molecule has 0 radical (unpaired) electrons. The van der Waals surface area contributed by atoms with Crippen molar-refractivity contribution in [3.05, 3.63) is 35.9 Å². The van der Waals surface area contributed by atoms with E-state index in [2.05, 4.69) is 22.6 Å². The van der Waals surface area contributed by atoms with Gasteiger partial charge in [0.05, 0.1) is 4.43 Å². The third-order valence-electron chi connectivity index (χ3n) is 3.08. The number of nitrogens with zero attached hydrogens (tertiary/aromatic N) is 1. The predicted molar refractivity (Wildman–Crippen MR) is 74.3 cm³/mol. The van der Waals surface area contributed by atoms with Crippen molar-refractivity contribution in [3.8, 4) is 0 Å². The molecule has 1 heterocycles. The molecule has 4 heteroatoms. The first-order chi connectivity index (χ1) is 8.22. The highest BCUT2D eigenvalue weighted by Crippen LogP contribution is 2.21. The summed E-state index contributed by atoms with van der Waals surface area (Å²) in [6.07, 6.45) is 0.788. The predicted octanol–water partition coefficient (Wildman–Crippen LogP) is 2.15. The Kier molecular flexibility index (Phi) is 4.15. The third kappa shape index (κ3) is 2.86. The zero-order valence-electron chi connectivity index (χ0n) is 9.43. The monoisotopic (exact) mass is 343 g/mol. The molecule has 0 aromatic heterocycles. The molecule has 1 amide bonds. The van der Waals surface area contributed by atoms with Gasteiger partial charge in [0.2, 0.25) is 5.91 Å². The van der Waals surface area contributed by atoms with Gasteiger partial charge in [0.15, 0.2) is 5.78 Å². The van der Waals surface area contributed by atoms with Gasteiger partial charge >= 0.3 is 0 Å². The number of carbonyl (C=O) groups excluding carboxylic acids is 2. The third-order valence-corrected chi connectivity index (χ3v) is 3.74. The SMILES string of the molecule is O=C(c1ccccc1)C1CCN(C(=O)CI)C1. The maximum Gasteiger partial charge on any atom is 0.232 e. The molecular weight excluding hydrogens is 329 g/mol. The van der Waals surface area contributed by atoms with Crippen LogP contribution in [0.1, 0.15) is 16.8 Å². The van der Waals surface area contributed by atoms with Gasteiger partial charge in [0.1, 0.15) is 0 Å². The molecule has 1 aliphatic heterocycles. The summed E-state index contributed by atoms with van der Waals surface area (Å²) in [4.78, 5) is 25.5. The van der Waals surface area contributed by atoms with Gasteiger partial charge in [-0.05, 0) is 6.42 Å². The number of alkyl halides is 1. The zero-order chi connectivity index (χ0) is 12.3. The number of likely N-dealkylation sites (tertiary alicyclic amines) is 1. The van der Waals surface area contributed by atoms with Crippen LogP contribution in [0.25, 0.3) is 0 Å². The molecule has 1 aromatic rings. The molecule has 17 heavy (non-hydrogen) atoms. The van der Waals surface area contributed by atoms with Gasteiger partial charge in [0.25, 0.3) is 0 Å². The second kappa shape index (κ2) is 5.62. The van der Waals surface area contributed by atoms with E-state index in [1.165, 1.54) is 0 Å². The van der Waals surface area contributed by atoms with Crippen molar-refractivity contribution in [2.75, 3.05) is 17.5 Å². The first-order valence-electron chi connectivity index (χ1n) is 5.65.